The summed E-state index contributed by atoms with van der Waals surface area (Å²) in [6.07, 6.45) is 0.912. The second-order valence-corrected chi connectivity index (χ2v) is 7.37. The van der Waals surface area contributed by atoms with Crippen LogP contribution >= 0.6 is 15.9 Å². The first kappa shape index (κ1) is 19.2. The summed E-state index contributed by atoms with van der Waals surface area (Å²) in [7, 11) is 0. The molecule has 6 heteroatoms. The number of hydrogen-bond donors (Lipinski definition) is 1. The SMILES string of the molecule is CCCOc1cccc(C(=O)Nc2ccc3oc(-c4ccccc4Br)nc3c2)c1. The summed E-state index contributed by atoms with van der Waals surface area (Å²) in [6.45, 7) is 2.66. The van der Waals surface area contributed by atoms with Gasteiger partial charge in [0.25, 0.3) is 5.91 Å². The lowest BCUT2D eigenvalue weighted by molar-refractivity contribution is 0.102. The predicted molar refractivity (Wildman–Crippen MR) is 117 cm³/mol. The summed E-state index contributed by atoms with van der Waals surface area (Å²) in [5, 5.41) is 2.91. The van der Waals surface area contributed by atoms with E-state index in [1.807, 2.05) is 43.3 Å². The number of amides is 1. The van der Waals surface area contributed by atoms with Gasteiger partial charge in [0.15, 0.2) is 5.58 Å². The van der Waals surface area contributed by atoms with Crippen molar-refractivity contribution in [2.24, 2.45) is 0 Å². The number of anilines is 1. The first-order valence-corrected chi connectivity index (χ1v) is 10.1. The Hall–Kier alpha value is -3.12. The van der Waals surface area contributed by atoms with Crippen molar-refractivity contribution in [1.29, 1.82) is 0 Å². The van der Waals surface area contributed by atoms with Crippen LogP contribution in [0.25, 0.3) is 22.6 Å². The molecule has 1 amide bonds. The van der Waals surface area contributed by atoms with E-state index in [1.54, 1.807) is 30.3 Å². The molecule has 0 aliphatic rings. The molecular formula is C23H19BrN2O3. The van der Waals surface area contributed by atoms with Gasteiger partial charge in [-0.1, -0.05) is 25.1 Å². The summed E-state index contributed by atoms with van der Waals surface area (Å²) in [5.74, 6) is 1.00. The van der Waals surface area contributed by atoms with Crippen molar-refractivity contribution >= 4 is 38.6 Å². The van der Waals surface area contributed by atoms with Gasteiger partial charge < -0.3 is 14.5 Å². The highest BCUT2D eigenvalue weighted by atomic mass is 79.9. The quantitative estimate of drug-likeness (QED) is 0.374. The van der Waals surface area contributed by atoms with E-state index in [0.29, 0.717) is 40.6 Å². The molecule has 5 nitrogen and oxygen atoms in total. The zero-order valence-electron chi connectivity index (χ0n) is 15.8. The zero-order valence-corrected chi connectivity index (χ0v) is 17.4. The summed E-state index contributed by atoms with van der Waals surface area (Å²) in [6, 6.07) is 20.3. The van der Waals surface area contributed by atoms with Crippen molar-refractivity contribution in [3.8, 4) is 17.2 Å². The first-order valence-electron chi connectivity index (χ1n) is 9.34. The minimum absolute atomic E-state index is 0.208. The van der Waals surface area contributed by atoms with Gasteiger partial charge in [-0.2, -0.15) is 0 Å². The third-order valence-corrected chi connectivity index (χ3v) is 5.01. The largest absolute Gasteiger partial charge is 0.494 e. The van der Waals surface area contributed by atoms with Gasteiger partial charge in [0.05, 0.1) is 12.2 Å². The lowest BCUT2D eigenvalue weighted by Crippen LogP contribution is -2.12. The Labute approximate surface area is 176 Å². The molecule has 3 aromatic carbocycles. The Morgan fingerprint density at radius 1 is 1.10 bits per heavy atom. The number of hydrogen-bond acceptors (Lipinski definition) is 4. The zero-order chi connectivity index (χ0) is 20.2. The van der Waals surface area contributed by atoms with E-state index in [1.165, 1.54) is 0 Å². The Morgan fingerprint density at radius 3 is 2.79 bits per heavy atom. The molecule has 0 fully saturated rings. The number of ether oxygens (including phenoxy) is 1. The molecular weight excluding hydrogens is 432 g/mol. The van der Waals surface area contributed by atoms with Crippen LogP contribution in [0.1, 0.15) is 23.7 Å². The molecule has 0 bridgehead atoms. The van der Waals surface area contributed by atoms with Crippen LogP contribution < -0.4 is 10.1 Å². The molecule has 4 aromatic rings. The first-order chi connectivity index (χ1) is 14.1. The van der Waals surface area contributed by atoms with E-state index < -0.39 is 0 Å². The summed E-state index contributed by atoms with van der Waals surface area (Å²) in [5.41, 5.74) is 3.39. The maximum absolute atomic E-state index is 12.6. The number of rotatable bonds is 6. The van der Waals surface area contributed by atoms with Crippen LogP contribution in [0.3, 0.4) is 0 Å². The molecule has 0 saturated carbocycles. The molecule has 146 valence electrons. The number of halogens is 1. The summed E-state index contributed by atoms with van der Waals surface area (Å²) >= 11 is 3.52. The number of nitrogens with one attached hydrogen (secondary N) is 1. The lowest BCUT2D eigenvalue weighted by Gasteiger charge is -2.08. The fourth-order valence-electron chi connectivity index (χ4n) is 2.91. The van der Waals surface area contributed by atoms with E-state index in [9.17, 15) is 4.79 Å². The van der Waals surface area contributed by atoms with Crippen LogP contribution in [0.2, 0.25) is 0 Å². The number of carbonyl (C=O) groups is 1. The highest BCUT2D eigenvalue weighted by Gasteiger charge is 2.13. The number of aromatic nitrogens is 1. The Bertz CT molecular complexity index is 1170. The lowest BCUT2D eigenvalue weighted by atomic mass is 10.2. The van der Waals surface area contributed by atoms with Gasteiger partial charge in [0, 0.05) is 15.7 Å². The monoisotopic (exact) mass is 450 g/mol. The van der Waals surface area contributed by atoms with Crippen molar-refractivity contribution < 1.29 is 13.9 Å². The second-order valence-electron chi connectivity index (χ2n) is 6.51. The van der Waals surface area contributed by atoms with Crippen molar-refractivity contribution in [2.45, 2.75) is 13.3 Å². The van der Waals surface area contributed by atoms with Crippen molar-refractivity contribution in [1.82, 2.24) is 4.98 Å². The van der Waals surface area contributed by atoms with E-state index >= 15 is 0 Å². The average Bonchev–Trinajstić information content (AvgIpc) is 3.16. The van der Waals surface area contributed by atoms with Gasteiger partial charge in [-0.25, -0.2) is 4.98 Å². The molecule has 1 aromatic heterocycles. The van der Waals surface area contributed by atoms with Crippen LogP contribution in [0, 0.1) is 0 Å². The minimum atomic E-state index is -0.208. The van der Waals surface area contributed by atoms with Crippen LogP contribution in [-0.4, -0.2) is 17.5 Å². The normalized spacial score (nSPS) is 10.8. The van der Waals surface area contributed by atoms with Gasteiger partial charge in [0.2, 0.25) is 5.89 Å². The van der Waals surface area contributed by atoms with Crippen molar-refractivity contribution in [3.63, 3.8) is 0 Å². The van der Waals surface area contributed by atoms with E-state index in [4.69, 9.17) is 9.15 Å². The molecule has 0 atom stereocenters. The third-order valence-electron chi connectivity index (χ3n) is 4.32. The Balaban J connectivity index is 1.56. The Morgan fingerprint density at radius 2 is 1.97 bits per heavy atom. The molecule has 29 heavy (non-hydrogen) atoms. The van der Waals surface area contributed by atoms with E-state index in [2.05, 4.69) is 26.2 Å². The van der Waals surface area contributed by atoms with E-state index in [-0.39, 0.29) is 5.91 Å². The predicted octanol–water partition coefficient (Wildman–Crippen LogP) is 6.30. The molecule has 1 heterocycles. The third kappa shape index (κ3) is 4.32. The van der Waals surface area contributed by atoms with Gasteiger partial charge >= 0.3 is 0 Å². The summed E-state index contributed by atoms with van der Waals surface area (Å²) < 4.78 is 12.4. The fraction of sp³-hybridized carbons (Fsp3) is 0.130. The number of carbonyl (C=O) groups excluding carboxylic acids is 1. The van der Waals surface area contributed by atoms with Gasteiger partial charge in [-0.05, 0) is 70.9 Å². The molecule has 4 rings (SSSR count). The molecule has 0 radical (unpaired) electrons. The standard InChI is InChI=1S/C23H19BrN2O3/c1-2-12-28-17-7-5-6-15(13-17)22(27)25-16-10-11-21-20(14-16)26-23(29-21)18-8-3-4-9-19(18)24/h3-11,13-14H,2,12H2,1H3,(H,25,27). The average molecular weight is 451 g/mol. The highest BCUT2D eigenvalue weighted by Crippen LogP contribution is 2.31. The molecule has 0 unspecified atom stereocenters. The van der Waals surface area contributed by atoms with E-state index in [0.717, 1.165) is 16.5 Å². The van der Waals surface area contributed by atoms with Gasteiger partial charge in [-0.3, -0.25) is 4.79 Å². The smallest absolute Gasteiger partial charge is 0.255 e. The van der Waals surface area contributed by atoms with Gasteiger partial charge in [-0.15, -0.1) is 0 Å². The fourth-order valence-corrected chi connectivity index (χ4v) is 3.36. The van der Waals surface area contributed by atoms with Crippen LogP contribution in [0.15, 0.2) is 75.6 Å². The number of oxazole rings is 1. The van der Waals surface area contributed by atoms with Crippen molar-refractivity contribution in [3.05, 3.63) is 76.8 Å². The minimum Gasteiger partial charge on any atom is -0.494 e. The number of fused-ring (bicyclic) bond motifs is 1. The molecule has 0 aliphatic carbocycles. The maximum Gasteiger partial charge on any atom is 0.255 e. The molecule has 1 N–H and O–H groups in total. The second kappa shape index (κ2) is 8.49. The summed E-state index contributed by atoms with van der Waals surface area (Å²) in [4.78, 5) is 17.2. The number of nitrogens with zero attached hydrogens (tertiary/aromatic N) is 1. The van der Waals surface area contributed by atoms with Crippen LogP contribution in [0.5, 0.6) is 5.75 Å². The number of benzene rings is 3. The molecule has 0 aliphatic heterocycles. The molecule has 0 spiro atoms. The topological polar surface area (TPSA) is 64.4 Å². The van der Waals surface area contributed by atoms with Crippen LogP contribution in [-0.2, 0) is 0 Å². The Kier molecular flexibility index (Phi) is 5.62. The maximum atomic E-state index is 12.6. The molecule has 0 saturated heterocycles. The highest BCUT2D eigenvalue weighted by molar-refractivity contribution is 9.10. The van der Waals surface area contributed by atoms with Crippen molar-refractivity contribution in [2.75, 3.05) is 11.9 Å². The van der Waals surface area contributed by atoms with Crippen LogP contribution in [0.4, 0.5) is 5.69 Å². The van der Waals surface area contributed by atoms with Gasteiger partial charge in [0.1, 0.15) is 11.3 Å².